The summed E-state index contributed by atoms with van der Waals surface area (Å²) in [5.41, 5.74) is -0.0875. The van der Waals surface area contributed by atoms with Gasteiger partial charge in [0.15, 0.2) is 0 Å². The monoisotopic (exact) mass is 337 g/mol. The quantitative estimate of drug-likeness (QED) is 0.874. The third-order valence-corrected chi connectivity index (χ3v) is 6.09. The number of carbonyl (C=O) groups excluding carboxylic acids is 1. The van der Waals surface area contributed by atoms with E-state index >= 15 is 0 Å². The Bertz CT molecular complexity index is 600. The van der Waals surface area contributed by atoms with E-state index in [0.29, 0.717) is 5.56 Å². The van der Waals surface area contributed by atoms with Crippen molar-refractivity contribution < 1.29 is 18.0 Å². The molecule has 1 N–H and O–H groups in total. The minimum absolute atomic E-state index is 0.0439. The Balaban J connectivity index is 1.40. The van der Waals surface area contributed by atoms with Crippen molar-refractivity contribution in [2.75, 3.05) is 0 Å². The Labute approximate surface area is 139 Å². The molecule has 0 radical (unpaired) electrons. The summed E-state index contributed by atoms with van der Waals surface area (Å²) >= 11 is 0. The molecule has 0 unspecified atom stereocenters. The van der Waals surface area contributed by atoms with E-state index in [4.69, 9.17) is 0 Å². The second-order valence-electron chi connectivity index (χ2n) is 8.12. The van der Waals surface area contributed by atoms with Crippen LogP contribution in [0.15, 0.2) is 24.3 Å². The number of alkyl halides is 3. The Hall–Kier alpha value is -1.52. The zero-order valence-electron chi connectivity index (χ0n) is 13.5. The van der Waals surface area contributed by atoms with Gasteiger partial charge in [0.25, 0.3) is 0 Å². The standard InChI is InChI=1S/C19H22F3NO/c20-19(21,22)16-3-1-12(2-4-16)8-17(24)23-18-9-13-5-14(10-18)7-15(6-13)11-18/h1-4,13-15H,5-11H2,(H,23,24). The van der Waals surface area contributed by atoms with Crippen molar-refractivity contribution in [2.45, 2.75) is 56.7 Å². The van der Waals surface area contributed by atoms with Gasteiger partial charge in [-0.1, -0.05) is 12.1 Å². The predicted octanol–water partition coefficient (Wildman–Crippen LogP) is 4.33. The van der Waals surface area contributed by atoms with Gasteiger partial charge < -0.3 is 5.32 Å². The van der Waals surface area contributed by atoms with E-state index in [9.17, 15) is 18.0 Å². The van der Waals surface area contributed by atoms with Crippen molar-refractivity contribution in [2.24, 2.45) is 17.8 Å². The molecule has 4 saturated carbocycles. The molecule has 0 saturated heterocycles. The van der Waals surface area contributed by atoms with Crippen molar-refractivity contribution >= 4 is 5.91 Å². The van der Waals surface area contributed by atoms with Crippen molar-refractivity contribution in [3.05, 3.63) is 35.4 Å². The molecule has 5 rings (SSSR count). The number of hydrogen-bond donors (Lipinski definition) is 1. The molecule has 0 atom stereocenters. The van der Waals surface area contributed by atoms with Crippen LogP contribution >= 0.6 is 0 Å². The highest BCUT2D eigenvalue weighted by atomic mass is 19.4. The molecule has 4 aliphatic carbocycles. The number of carbonyl (C=O) groups is 1. The van der Waals surface area contributed by atoms with Crippen LogP contribution in [0.25, 0.3) is 0 Å². The lowest BCUT2D eigenvalue weighted by Gasteiger charge is -2.56. The molecule has 1 aromatic carbocycles. The summed E-state index contributed by atoms with van der Waals surface area (Å²) in [4.78, 5) is 12.4. The fraction of sp³-hybridized carbons (Fsp3) is 0.632. The number of hydrogen-bond acceptors (Lipinski definition) is 1. The Kier molecular flexibility index (Phi) is 3.66. The number of halogens is 3. The van der Waals surface area contributed by atoms with Crippen LogP contribution in [0.2, 0.25) is 0 Å². The van der Waals surface area contributed by atoms with E-state index in [1.807, 2.05) is 0 Å². The molecule has 0 spiro atoms. The zero-order chi connectivity index (χ0) is 16.9. The van der Waals surface area contributed by atoms with Gasteiger partial charge in [-0.15, -0.1) is 0 Å². The van der Waals surface area contributed by atoms with Gasteiger partial charge in [0.1, 0.15) is 0 Å². The SMILES string of the molecule is O=C(Cc1ccc(C(F)(F)F)cc1)NC12CC3CC(CC(C3)C1)C2. The minimum atomic E-state index is -4.33. The molecule has 24 heavy (non-hydrogen) atoms. The van der Waals surface area contributed by atoms with Gasteiger partial charge in [-0.05, 0) is 74.0 Å². The molecular formula is C19H22F3NO. The van der Waals surface area contributed by atoms with Gasteiger partial charge in [-0.3, -0.25) is 4.79 Å². The molecule has 5 heteroatoms. The van der Waals surface area contributed by atoms with E-state index in [0.717, 1.165) is 49.1 Å². The third kappa shape index (κ3) is 3.05. The molecule has 1 amide bonds. The molecule has 130 valence electrons. The number of amides is 1. The minimum Gasteiger partial charge on any atom is -0.350 e. The maximum Gasteiger partial charge on any atom is 0.416 e. The van der Waals surface area contributed by atoms with E-state index in [2.05, 4.69) is 5.32 Å². The molecule has 2 nitrogen and oxygen atoms in total. The molecular weight excluding hydrogens is 315 g/mol. The first-order chi connectivity index (χ1) is 11.3. The van der Waals surface area contributed by atoms with E-state index in [1.54, 1.807) is 0 Å². The summed E-state index contributed by atoms with van der Waals surface area (Å²) in [6.45, 7) is 0. The van der Waals surface area contributed by atoms with E-state index in [-0.39, 0.29) is 17.9 Å². The van der Waals surface area contributed by atoms with Gasteiger partial charge in [0.05, 0.1) is 12.0 Å². The zero-order valence-corrected chi connectivity index (χ0v) is 13.5. The van der Waals surface area contributed by atoms with Crippen molar-refractivity contribution in [1.29, 1.82) is 0 Å². The predicted molar refractivity (Wildman–Crippen MR) is 84.2 cm³/mol. The Morgan fingerprint density at radius 3 is 1.96 bits per heavy atom. The topological polar surface area (TPSA) is 29.1 Å². The van der Waals surface area contributed by atoms with Crippen LogP contribution in [0.1, 0.15) is 49.7 Å². The van der Waals surface area contributed by atoms with Crippen LogP contribution < -0.4 is 5.32 Å². The van der Waals surface area contributed by atoms with Gasteiger partial charge in [-0.25, -0.2) is 0 Å². The second kappa shape index (κ2) is 5.50. The molecule has 1 aromatic rings. The first-order valence-corrected chi connectivity index (χ1v) is 8.78. The maximum absolute atomic E-state index is 12.6. The van der Waals surface area contributed by atoms with Gasteiger partial charge >= 0.3 is 6.18 Å². The lowest BCUT2D eigenvalue weighted by molar-refractivity contribution is -0.137. The first-order valence-electron chi connectivity index (χ1n) is 8.78. The van der Waals surface area contributed by atoms with Gasteiger partial charge in [0, 0.05) is 5.54 Å². The van der Waals surface area contributed by atoms with Gasteiger partial charge in [-0.2, -0.15) is 13.2 Å². The third-order valence-electron chi connectivity index (χ3n) is 6.09. The van der Waals surface area contributed by atoms with Crippen LogP contribution in [0.4, 0.5) is 13.2 Å². The normalized spacial score (nSPS) is 34.4. The van der Waals surface area contributed by atoms with Crippen LogP contribution in [0.3, 0.4) is 0 Å². The van der Waals surface area contributed by atoms with Gasteiger partial charge in [0.2, 0.25) is 5.91 Å². The van der Waals surface area contributed by atoms with Crippen molar-refractivity contribution in [1.82, 2.24) is 5.32 Å². The van der Waals surface area contributed by atoms with Crippen LogP contribution in [0.5, 0.6) is 0 Å². The van der Waals surface area contributed by atoms with Crippen LogP contribution in [0, 0.1) is 17.8 Å². The summed E-state index contributed by atoms with van der Waals surface area (Å²) in [6.07, 6.45) is 3.00. The Morgan fingerprint density at radius 2 is 1.50 bits per heavy atom. The lowest BCUT2D eigenvalue weighted by atomic mass is 9.53. The van der Waals surface area contributed by atoms with Crippen molar-refractivity contribution in [3.8, 4) is 0 Å². The van der Waals surface area contributed by atoms with Crippen LogP contribution in [-0.4, -0.2) is 11.4 Å². The maximum atomic E-state index is 12.6. The molecule has 0 heterocycles. The largest absolute Gasteiger partial charge is 0.416 e. The molecule has 4 fully saturated rings. The molecule has 0 aliphatic heterocycles. The molecule has 0 aromatic heterocycles. The average molecular weight is 337 g/mol. The smallest absolute Gasteiger partial charge is 0.350 e. The summed E-state index contributed by atoms with van der Waals surface area (Å²) in [7, 11) is 0. The number of rotatable bonds is 3. The molecule has 4 aliphatic rings. The van der Waals surface area contributed by atoms with Crippen molar-refractivity contribution in [3.63, 3.8) is 0 Å². The lowest BCUT2D eigenvalue weighted by Crippen LogP contribution is -2.60. The highest BCUT2D eigenvalue weighted by Crippen LogP contribution is 2.55. The van der Waals surface area contributed by atoms with Crippen LogP contribution in [-0.2, 0) is 17.4 Å². The summed E-state index contributed by atoms with van der Waals surface area (Å²) < 4.78 is 37.8. The second-order valence-corrected chi connectivity index (χ2v) is 8.12. The highest BCUT2D eigenvalue weighted by molar-refractivity contribution is 5.79. The number of nitrogens with one attached hydrogen (secondary N) is 1. The average Bonchev–Trinajstić information content (AvgIpc) is 2.44. The molecule has 4 bridgehead atoms. The van der Waals surface area contributed by atoms with E-state index in [1.165, 1.54) is 31.4 Å². The summed E-state index contributed by atoms with van der Waals surface area (Å²) in [5.74, 6) is 2.20. The fourth-order valence-electron chi connectivity index (χ4n) is 5.60. The summed E-state index contributed by atoms with van der Waals surface area (Å²) in [6, 6.07) is 4.91. The Morgan fingerprint density at radius 1 is 1.00 bits per heavy atom. The fourth-order valence-corrected chi connectivity index (χ4v) is 5.60. The summed E-state index contributed by atoms with van der Waals surface area (Å²) in [5, 5.41) is 3.26. The number of benzene rings is 1. The first kappa shape index (κ1) is 16.0. The highest BCUT2D eigenvalue weighted by Gasteiger charge is 2.51. The van der Waals surface area contributed by atoms with E-state index < -0.39 is 11.7 Å².